The molecule has 4 nitrogen and oxygen atoms in total. The average Bonchev–Trinajstić information content (AvgIpc) is 2.76. The number of rotatable bonds is 3. The molecule has 1 aliphatic heterocycles. The standard InChI is InChI=1S/C12H17BrN2O2S/c1-9-4-5-15(8-9)18(16,17)12-3-2-10(7-14)6-11(12)13/h2-3,6,9H,4-5,7-8,14H2,1H3. The van der Waals surface area contributed by atoms with Crippen molar-refractivity contribution < 1.29 is 8.42 Å². The molecular formula is C12H17BrN2O2S. The topological polar surface area (TPSA) is 63.4 Å². The Morgan fingerprint density at radius 3 is 2.72 bits per heavy atom. The normalized spacial score (nSPS) is 21.4. The summed E-state index contributed by atoms with van der Waals surface area (Å²) in [5.41, 5.74) is 6.45. The maximum absolute atomic E-state index is 12.5. The Morgan fingerprint density at radius 2 is 2.22 bits per heavy atom. The second kappa shape index (κ2) is 5.28. The molecule has 1 heterocycles. The Labute approximate surface area is 116 Å². The Kier molecular flexibility index (Phi) is 4.11. The van der Waals surface area contributed by atoms with Crippen molar-refractivity contribution in [2.45, 2.75) is 24.8 Å². The molecule has 18 heavy (non-hydrogen) atoms. The molecule has 0 radical (unpaired) electrons. The van der Waals surface area contributed by atoms with E-state index in [-0.39, 0.29) is 0 Å². The summed E-state index contributed by atoms with van der Waals surface area (Å²) in [6, 6.07) is 5.16. The predicted molar refractivity (Wildman–Crippen MR) is 74.6 cm³/mol. The number of nitrogens with two attached hydrogens (primary N) is 1. The van der Waals surface area contributed by atoms with E-state index in [0.717, 1.165) is 12.0 Å². The second-order valence-corrected chi connectivity index (χ2v) is 7.49. The molecule has 1 aliphatic rings. The molecule has 0 saturated carbocycles. The molecule has 0 bridgehead atoms. The molecule has 1 atom stereocenters. The van der Waals surface area contributed by atoms with Crippen molar-refractivity contribution in [3.8, 4) is 0 Å². The predicted octanol–water partition coefficient (Wildman–Crippen LogP) is 1.94. The van der Waals surface area contributed by atoms with Gasteiger partial charge in [0.15, 0.2) is 0 Å². The van der Waals surface area contributed by atoms with E-state index >= 15 is 0 Å². The van der Waals surface area contributed by atoms with E-state index in [0.29, 0.717) is 34.9 Å². The molecule has 2 rings (SSSR count). The highest BCUT2D eigenvalue weighted by Gasteiger charge is 2.31. The van der Waals surface area contributed by atoms with Crippen molar-refractivity contribution >= 4 is 26.0 Å². The van der Waals surface area contributed by atoms with Crippen molar-refractivity contribution in [1.29, 1.82) is 0 Å². The van der Waals surface area contributed by atoms with Crippen molar-refractivity contribution in [1.82, 2.24) is 4.31 Å². The van der Waals surface area contributed by atoms with Crippen LogP contribution in [0.25, 0.3) is 0 Å². The fourth-order valence-corrected chi connectivity index (χ4v) is 4.79. The van der Waals surface area contributed by atoms with Gasteiger partial charge in [0.25, 0.3) is 0 Å². The van der Waals surface area contributed by atoms with Gasteiger partial charge in [-0.05, 0) is 46.0 Å². The Morgan fingerprint density at radius 1 is 1.50 bits per heavy atom. The van der Waals surface area contributed by atoms with Gasteiger partial charge in [0.1, 0.15) is 0 Å². The van der Waals surface area contributed by atoms with E-state index in [1.807, 2.05) is 0 Å². The van der Waals surface area contributed by atoms with Crippen LogP contribution >= 0.6 is 15.9 Å². The summed E-state index contributed by atoms with van der Waals surface area (Å²) in [5.74, 6) is 0.432. The first-order chi connectivity index (χ1) is 8.45. The summed E-state index contributed by atoms with van der Waals surface area (Å²) in [7, 11) is -3.38. The number of benzene rings is 1. The lowest BCUT2D eigenvalue weighted by Gasteiger charge is -2.17. The van der Waals surface area contributed by atoms with Gasteiger partial charge < -0.3 is 5.73 Å². The number of hydrogen-bond acceptors (Lipinski definition) is 3. The van der Waals surface area contributed by atoms with E-state index in [4.69, 9.17) is 5.73 Å². The van der Waals surface area contributed by atoms with Crippen LogP contribution in [0.2, 0.25) is 0 Å². The third-order valence-electron chi connectivity index (χ3n) is 3.24. The van der Waals surface area contributed by atoms with Gasteiger partial charge in [-0.15, -0.1) is 0 Å². The summed E-state index contributed by atoms with van der Waals surface area (Å²) in [6.07, 6.45) is 0.928. The van der Waals surface area contributed by atoms with E-state index in [2.05, 4.69) is 22.9 Å². The van der Waals surface area contributed by atoms with Gasteiger partial charge in [0.05, 0.1) is 4.90 Å². The molecule has 1 saturated heterocycles. The summed E-state index contributed by atoms with van der Waals surface area (Å²) in [4.78, 5) is 0.328. The highest BCUT2D eigenvalue weighted by atomic mass is 79.9. The van der Waals surface area contributed by atoms with Crippen LogP contribution in [-0.4, -0.2) is 25.8 Å². The number of nitrogens with zero attached hydrogens (tertiary/aromatic N) is 1. The summed E-state index contributed by atoms with van der Waals surface area (Å²) >= 11 is 3.32. The minimum Gasteiger partial charge on any atom is -0.326 e. The smallest absolute Gasteiger partial charge is 0.244 e. The lowest BCUT2D eigenvalue weighted by atomic mass is 10.2. The quantitative estimate of drug-likeness (QED) is 0.919. The Hall–Kier alpha value is -0.430. The van der Waals surface area contributed by atoms with Crippen molar-refractivity contribution in [3.05, 3.63) is 28.2 Å². The maximum Gasteiger partial charge on any atom is 0.244 e. The molecular weight excluding hydrogens is 316 g/mol. The lowest BCUT2D eigenvalue weighted by molar-refractivity contribution is 0.464. The van der Waals surface area contributed by atoms with Crippen molar-refractivity contribution in [2.75, 3.05) is 13.1 Å². The number of sulfonamides is 1. The van der Waals surface area contributed by atoms with Gasteiger partial charge in [-0.3, -0.25) is 0 Å². The first kappa shape index (κ1) is 14.0. The van der Waals surface area contributed by atoms with Gasteiger partial charge in [-0.2, -0.15) is 4.31 Å². The molecule has 1 fully saturated rings. The van der Waals surface area contributed by atoms with Crippen LogP contribution in [-0.2, 0) is 16.6 Å². The van der Waals surface area contributed by atoms with Gasteiger partial charge in [-0.1, -0.05) is 13.0 Å². The third-order valence-corrected chi connectivity index (χ3v) is 6.08. The third kappa shape index (κ3) is 2.61. The fraction of sp³-hybridized carbons (Fsp3) is 0.500. The molecule has 1 unspecified atom stereocenters. The largest absolute Gasteiger partial charge is 0.326 e. The number of hydrogen-bond donors (Lipinski definition) is 1. The Balaban J connectivity index is 2.36. The molecule has 1 aromatic carbocycles. The molecule has 2 N–H and O–H groups in total. The van der Waals surface area contributed by atoms with Crippen LogP contribution < -0.4 is 5.73 Å². The monoisotopic (exact) mass is 332 g/mol. The zero-order valence-electron chi connectivity index (χ0n) is 10.3. The van der Waals surface area contributed by atoms with Crippen LogP contribution in [0.15, 0.2) is 27.6 Å². The van der Waals surface area contributed by atoms with Crippen LogP contribution in [0.5, 0.6) is 0 Å². The first-order valence-corrected chi connectivity index (χ1v) is 8.17. The van der Waals surface area contributed by atoms with Crippen LogP contribution in [0.3, 0.4) is 0 Å². The molecule has 1 aromatic rings. The fourth-order valence-electron chi connectivity index (χ4n) is 2.13. The van der Waals surface area contributed by atoms with E-state index in [1.54, 1.807) is 22.5 Å². The zero-order chi connectivity index (χ0) is 13.3. The highest BCUT2D eigenvalue weighted by Crippen LogP contribution is 2.29. The van der Waals surface area contributed by atoms with Crippen LogP contribution in [0, 0.1) is 5.92 Å². The summed E-state index contributed by atoms with van der Waals surface area (Å²) in [6.45, 7) is 3.68. The van der Waals surface area contributed by atoms with Gasteiger partial charge >= 0.3 is 0 Å². The molecule has 6 heteroatoms. The second-order valence-electron chi connectivity index (χ2n) is 4.73. The summed E-state index contributed by atoms with van der Waals surface area (Å²) in [5, 5.41) is 0. The molecule has 0 aromatic heterocycles. The lowest BCUT2D eigenvalue weighted by Crippen LogP contribution is -2.29. The van der Waals surface area contributed by atoms with Crippen LogP contribution in [0.4, 0.5) is 0 Å². The Bertz CT molecular complexity index is 545. The molecule has 100 valence electrons. The zero-order valence-corrected chi connectivity index (χ0v) is 12.7. The van der Waals surface area contributed by atoms with E-state index in [1.165, 1.54) is 0 Å². The minimum atomic E-state index is -3.38. The van der Waals surface area contributed by atoms with Gasteiger partial charge in [-0.25, -0.2) is 8.42 Å². The molecule has 0 spiro atoms. The SMILES string of the molecule is CC1CCN(S(=O)(=O)c2ccc(CN)cc2Br)C1. The van der Waals surface area contributed by atoms with E-state index in [9.17, 15) is 8.42 Å². The summed E-state index contributed by atoms with van der Waals surface area (Å²) < 4.78 is 27.1. The number of halogens is 1. The van der Waals surface area contributed by atoms with Crippen molar-refractivity contribution in [2.24, 2.45) is 11.7 Å². The van der Waals surface area contributed by atoms with Crippen LogP contribution in [0.1, 0.15) is 18.9 Å². The maximum atomic E-state index is 12.5. The van der Waals surface area contributed by atoms with Crippen molar-refractivity contribution in [3.63, 3.8) is 0 Å². The highest BCUT2D eigenvalue weighted by molar-refractivity contribution is 9.10. The molecule has 0 amide bonds. The minimum absolute atomic E-state index is 0.328. The first-order valence-electron chi connectivity index (χ1n) is 5.94. The van der Waals surface area contributed by atoms with Gasteiger partial charge in [0.2, 0.25) is 10.0 Å². The van der Waals surface area contributed by atoms with E-state index < -0.39 is 10.0 Å². The van der Waals surface area contributed by atoms with Gasteiger partial charge in [0, 0.05) is 24.1 Å². The average molecular weight is 333 g/mol. The molecule has 0 aliphatic carbocycles.